The van der Waals surface area contributed by atoms with Crippen molar-refractivity contribution in [3.8, 4) is 0 Å². The Kier molecular flexibility index (Phi) is 43.0. The van der Waals surface area contributed by atoms with Gasteiger partial charge in [-0.25, -0.2) is 8.42 Å². The molecule has 10 unspecified atom stereocenters. The molecular formula is C95H138ClFKN5O40S3. The van der Waals surface area contributed by atoms with Crippen LogP contribution in [-0.4, -0.2) is 336 Å². The average molecular weight is 2180 g/mol. The predicted molar refractivity (Wildman–Crippen MR) is 507 cm³/mol. The third-order valence-corrected chi connectivity index (χ3v) is 27.5. The summed E-state index contributed by atoms with van der Waals surface area (Å²) in [5.74, 6) is 0.116. The number of nitrogens with two attached hydrogens (primary N) is 3. The number of ether oxygens (including phenoxy) is 21. The molecule has 0 aliphatic carbocycles. The van der Waals surface area contributed by atoms with E-state index >= 15 is 0 Å². The minimum absolute atomic E-state index is 0. The van der Waals surface area contributed by atoms with Crippen LogP contribution in [0.1, 0.15) is 185 Å². The number of carbonyl (C=O) groups excluding carboxylic acids is 4. The molecule has 5 aromatic carbocycles. The Morgan fingerprint density at radius 2 is 0.699 bits per heavy atom. The fraction of sp³-hybridized carbons (Fsp3) is 0.642. The van der Waals surface area contributed by atoms with Crippen molar-refractivity contribution in [3.63, 3.8) is 0 Å². The van der Waals surface area contributed by atoms with Gasteiger partial charge in [0, 0.05) is 35.0 Å². The average Bonchev–Trinajstić information content (AvgIpc) is 1.57. The van der Waals surface area contributed by atoms with Gasteiger partial charge >= 0.3 is 51.4 Å². The molecule has 13 saturated heterocycles. The molecule has 15 aliphatic rings. The van der Waals surface area contributed by atoms with Gasteiger partial charge in [0.15, 0.2) is 77.7 Å². The molecule has 14 N–H and O–H groups in total. The number of carbonyl (C=O) groups is 4. The van der Waals surface area contributed by atoms with Crippen molar-refractivity contribution in [2.24, 2.45) is 17.4 Å². The number of hydrogen-bond donors (Lipinski definition) is 9. The van der Waals surface area contributed by atoms with Gasteiger partial charge in [-0.3, -0.25) is 38.9 Å². The van der Waals surface area contributed by atoms with Crippen molar-refractivity contribution in [3.05, 3.63) is 166 Å². The molecule has 0 bridgehead atoms. The summed E-state index contributed by atoms with van der Waals surface area (Å²) in [6.45, 7) is 35.5. The Hall–Kier alpha value is -5.23. The Bertz CT molecular complexity index is 5490. The summed E-state index contributed by atoms with van der Waals surface area (Å²) in [6.07, 6.45) is -15.8. The topological polar surface area (TPSA) is 631 Å². The first kappa shape index (κ1) is 124. The Balaban J connectivity index is 0.000000211. The third-order valence-electron chi connectivity index (χ3n) is 23.6. The predicted octanol–water partition coefficient (Wildman–Crippen LogP) is 2.49. The number of imide groups is 2. The smallest absolute Gasteiger partial charge is 0.587 e. The monoisotopic (exact) mass is 2180 g/mol. The standard InChI is InChI=1S/C20H23NO7.C19H26O8S.C16H22O8S.C12H21NO5.C9H16O6.C8H5NO2.C7H7ClO2S.C2H6O.CH3F.CH4.K.H4N2.H2O/c1-19(2)25-12(9-21-16(22)10-7-5-6-8-11(10)17(21)23)13-14(26-19)15-18(24-13)28-20(3,4)27-15;1-11-6-8-12(9-7-11)28(20,21)22-10-13-14-15(25-18(2,3)24-13)16-17(23-14)27-19(4,5)26-16;1-9-4-6-10(7-5-9)25(19,20)21-8-11(17)13-12(18)14-15(22-13)24-16(2,3)23-14;1-11(2)15-6(5-13)7-8(16-11)9-10(14-7)18-12(3,4)17-9;1-9(2)14-7-5(12)6(4(11)3-10)13-8(7)15-9;10-7-5-3-1-2-4-6(5)8(11)9-7;1-6-2-4-7(5-3-6)11(8,9)10;1-2-3;1-2;;;1-2;/h5-8,12-15,18H,9H2,1-4H3;6-9,13-17H,10H2,1-5H3;4-7,11-15,17-18H,8H2,1-3H3;6-10H,5,13H2,1-4H3;4-8,10-12H,3H2,1-2H3;1-4H,(H,9,10,11);2-5H,1H3;3H,2H2,1H3;1H3;1H4;;1-2H2;1H2/q;;;;;;;;;;+1;;/p-1/t12?,13-,14?,15+,18-;13?,14-,15?,16+,17-;11?,12?,13-,14+,15-;6?,7-,8?,9+,10-;4?,5?,6-,7+,8-;;;;;;;;/m11111......../s1/i;;;;;;;;1D;;;;. The molecule has 0 spiro atoms. The number of fused-ring (bicyclic) bond motifs is 13. The Labute approximate surface area is 897 Å². The van der Waals surface area contributed by atoms with E-state index in [9.17, 15) is 69.2 Å². The van der Waals surface area contributed by atoms with Crippen LogP contribution in [0.2, 0.25) is 0 Å². The molecule has 15 aliphatic heterocycles. The fourth-order valence-corrected chi connectivity index (χ4v) is 20.3. The van der Waals surface area contributed by atoms with Gasteiger partial charge in [0.1, 0.15) is 122 Å². The quantitative estimate of drug-likeness (QED) is 0.0181. The first-order valence-electron chi connectivity index (χ1n) is 46.5. The van der Waals surface area contributed by atoms with Crippen molar-refractivity contribution in [2.75, 3.05) is 46.7 Å². The Morgan fingerprint density at radius 1 is 0.425 bits per heavy atom. The minimum atomic E-state index is -4.02. The van der Waals surface area contributed by atoms with E-state index < -0.39 is 237 Å². The molecule has 51 heteroatoms. The molecule has 45 nitrogen and oxygen atoms in total. The maximum Gasteiger partial charge on any atom is 1.00 e. The van der Waals surface area contributed by atoms with E-state index in [1.807, 2.05) is 76.2 Å². The van der Waals surface area contributed by atoms with Crippen LogP contribution in [0.3, 0.4) is 0 Å². The number of hydrogen-bond acceptors (Lipinski definition) is 42. The Morgan fingerprint density at radius 3 is 1.03 bits per heavy atom. The second-order valence-electron chi connectivity index (χ2n) is 38.5. The van der Waals surface area contributed by atoms with Crippen molar-refractivity contribution in [1.82, 2.24) is 4.90 Å². The molecule has 13 fully saturated rings. The molecule has 5 aromatic rings. The first-order chi connectivity index (χ1) is 67.1. The number of alkyl halides is 1. The van der Waals surface area contributed by atoms with E-state index in [1.54, 1.807) is 147 Å². The number of hydrazine groups is 1. The zero-order chi connectivity index (χ0) is 107. The van der Waals surface area contributed by atoms with Crippen LogP contribution in [0.25, 0.3) is 5.32 Å². The number of benzene rings is 5. The number of amides is 4. The van der Waals surface area contributed by atoms with Gasteiger partial charge in [-0.05, 0) is 187 Å². The van der Waals surface area contributed by atoms with Crippen LogP contribution >= 0.6 is 10.7 Å². The summed E-state index contributed by atoms with van der Waals surface area (Å²) >= 11 is 0. The van der Waals surface area contributed by atoms with E-state index in [4.69, 9.17) is 136 Å². The van der Waals surface area contributed by atoms with Gasteiger partial charge in [-0.15, -0.1) is 0 Å². The third kappa shape index (κ3) is 30.7. The van der Waals surface area contributed by atoms with Gasteiger partial charge in [0.25, 0.3) is 41.1 Å². The van der Waals surface area contributed by atoms with E-state index in [2.05, 4.69) is 17.0 Å². The summed E-state index contributed by atoms with van der Waals surface area (Å²) in [4.78, 5) is 48.7. The summed E-state index contributed by atoms with van der Waals surface area (Å²) in [5, 5.41) is 59.2. The fourth-order valence-electron chi connectivity index (χ4n) is 17.7. The molecule has 0 radical (unpaired) electrons. The molecule has 146 heavy (non-hydrogen) atoms. The maximum absolute atomic E-state index is 12.7. The molecule has 0 saturated carbocycles. The number of aliphatic hydroxyl groups is 6. The normalized spacial score (nSPS) is 32.7. The van der Waals surface area contributed by atoms with E-state index in [0.717, 1.165) is 16.7 Å². The zero-order valence-corrected chi connectivity index (χ0v) is 90.5. The number of nitrogens with zero attached hydrogens (tertiary/aromatic N) is 2. The molecular weight excluding hydrogens is 2040 g/mol. The number of aliphatic hydroxyl groups excluding tert-OH is 6. The van der Waals surface area contributed by atoms with E-state index in [1.165, 1.54) is 41.3 Å². The van der Waals surface area contributed by atoms with Crippen molar-refractivity contribution < 1.29 is 246 Å². The van der Waals surface area contributed by atoms with Crippen LogP contribution in [-0.2, 0) is 137 Å². The summed E-state index contributed by atoms with van der Waals surface area (Å²) in [6, 6.07) is 32.4. The molecule has 20 rings (SSSR count). The largest absolute Gasteiger partial charge is 1.00 e. The van der Waals surface area contributed by atoms with E-state index in [-0.39, 0.29) is 135 Å². The molecule has 15 heterocycles. The van der Waals surface area contributed by atoms with Gasteiger partial charge in [-0.2, -0.15) is 16.8 Å². The van der Waals surface area contributed by atoms with Gasteiger partial charge < -0.3 is 156 Å². The molecule has 816 valence electrons. The van der Waals surface area contributed by atoms with Crippen molar-refractivity contribution in [1.29, 1.82) is 0 Å². The molecule has 0 aromatic heterocycles. The second-order valence-corrected chi connectivity index (χ2v) is 44.3. The van der Waals surface area contributed by atoms with Crippen molar-refractivity contribution in [2.45, 2.75) is 360 Å². The maximum atomic E-state index is 12.7. The number of aryl methyl sites for hydroxylation is 3. The SMILES string of the molecule is C.CC1(C)OC(CN)[C@H]2O[C@@H]3OC(C)(C)O[C@H]3C2O1.CC1(C)OC(CN2C(=O)c3ccccc3C2=O)[C@H]2O[C@@H]3OC(C)(C)O[C@H]3C2O1.CC1(C)O[C@H]2O[C@H](C(O)CO)C(O)[C@@H]2O1.CCO.Cc1ccc(S(=O)(=O)Cl)cc1.Cc1ccc(S(=O)(=O)OCC(O)[C@H]2O[C@@H]3OC(C)(C)O[C@H]3C2O)cc1.Cc1ccc(S(=O)(=O)OCC2OC(C)(C)OC3[C@@H]2O[C@@H]2OC(C)(C)O[C@@H]32)cc1.NN.O.O=C1[N-]C(=O)c2ccccc21.[2H]CF.[K+]. The van der Waals surface area contributed by atoms with Crippen LogP contribution in [0, 0.1) is 20.8 Å². The minimum Gasteiger partial charge on any atom is -0.587 e. The van der Waals surface area contributed by atoms with Crippen LogP contribution in [0.4, 0.5) is 4.39 Å². The van der Waals surface area contributed by atoms with Crippen LogP contribution in [0.15, 0.2) is 136 Å². The zero-order valence-electron chi connectivity index (χ0n) is 85.2. The molecule has 25 atom stereocenters. The first-order valence-corrected chi connectivity index (χ1v) is 50.9. The number of halogens is 2. The van der Waals surface area contributed by atoms with E-state index in [0.29, 0.717) is 28.8 Å². The second kappa shape index (κ2) is 50.5. The van der Waals surface area contributed by atoms with Gasteiger partial charge in [0.05, 0.1) is 72.5 Å². The van der Waals surface area contributed by atoms with Gasteiger partial charge in [0.2, 0.25) is 0 Å². The molecule has 4 amide bonds. The van der Waals surface area contributed by atoms with Crippen molar-refractivity contribution >= 4 is 63.6 Å². The summed E-state index contributed by atoms with van der Waals surface area (Å²) in [5.41, 5.74) is 10.3. The number of rotatable bonds is 15. The van der Waals surface area contributed by atoms with Gasteiger partial charge in [-0.1, -0.05) is 96.9 Å². The summed E-state index contributed by atoms with van der Waals surface area (Å²) < 4.78 is 218. The van der Waals surface area contributed by atoms with Crippen LogP contribution in [0.5, 0.6) is 0 Å². The van der Waals surface area contributed by atoms with Crippen LogP contribution < -0.4 is 68.8 Å². The summed E-state index contributed by atoms with van der Waals surface area (Å²) in [7, 11) is -7.40.